The molecule has 0 N–H and O–H groups in total. The van der Waals surface area contributed by atoms with Gasteiger partial charge in [0.15, 0.2) is 11.7 Å². The van der Waals surface area contributed by atoms with Gasteiger partial charge in [0.2, 0.25) is 0 Å². The monoisotopic (exact) mass is 388 g/mol. The van der Waals surface area contributed by atoms with Crippen molar-refractivity contribution in [3.8, 4) is 0 Å². The molecular weight excluding hydrogens is 346 g/mol. The zero-order valence-electron chi connectivity index (χ0n) is 18.8. The second-order valence-corrected chi connectivity index (χ2v) is 7.43. The van der Waals surface area contributed by atoms with E-state index < -0.39 is 11.7 Å². The number of allylic oxidation sites excluding steroid dienone is 4. The highest BCUT2D eigenvalue weighted by atomic mass is 19.2. The first kappa shape index (κ1) is 28.2. The molecule has 0 saturated heterocycles. The molecule has 0 aliphatic heterocycles. The predicted molar refractivity (Wildman–Crippen MR) is 113 cm³/mol. The number of hydrogen-bond donors (Lipinski definition) is 0. The molecule has 0 aromatic carbocycles. The molecule has 0 radical (unpaired) electrons. The zero-order valence-corrected chi connectivity index (χ0v) is 18.8. The largest absolute Gasteiger partial charge is 0.382 e. The van der Waals surface area contributed by atoms with Crippen LogP contribution in [-0.4, -0.2) is 26.4 Å². The number of rotatable bonds is 12. The van der Waals surface area contributed by atoms with Gasteiger partial charge in [-0.1, -0.05) is 47.3 Å². The molecular formula is C23H42F2O2. The molecule has 0 rings (SSSR count). The number of halogens is 2. The first-order chi connectivity index (χ1) is 12.6. The summed E-state index contributed by atoms with van der Waals surface area (Å²) in [4.78, 5) is 0. The standard InChI is InChI=1S/C20H34F2O2.C3H8/c1-13(9-11-15(3)23-7)17(5)19(21)20(22)18(6)14(2)10-12-16(4)24-8;1-3-2/h13-16H,5-6,9-12H2,1-4,7-8H3;3H2,1-2H3/b20-19-;. The Morgan fingerprint density at radius 3 is 1.19 bits per heavy atom. The smallest absolute Gasteiger partial charge is 0.161 e. The minimum atomic E-state index is -0.871. The highest BCUT2D eigenvalue weighted by molar-refractivity contribution is 5.36. The number of methoxy groups -OCH3 is 2. The molecule has 0 saturated carbocycles. The number of ether oxygens (including phenoxy) is 2. The Bertz CT molecular complexity index is 417. The molecule has 0 aliphatic rings. The van der Waals surface area contributed by atoms with Crippen LogP contribution in [0.15, 0.2) is 36.0 Å². The maximum absolute atomic E-state index is 14.4. The van der Waals surface area contributed by atoms with Gasteiger partial charge in [0.1, 0.15) is 0 Å². The summed E-state index contributed by atoms with van der Waals surface area (Å²) in [5.74, 6) is -2.04. The molecule has 0 heterocycles. The van der Waals surface area contributed by atoms with Crippen molar-refractivity contribution in [3.63, 3.8) is 0 Å². The maximum Gasteiger partial charge on any atom is 0.161 e. The highest BCUT2D eigenvalue weighted by Crippen LogP contribution is 2.33. The molecule has 0 aromatic rings. The first-order valence-electron chi connectivity index (χ1n) is 10.1. The summed E-state index contributed by atoms with van der Waals surface area (Å²) >= 11 is 0. The quantitative estimate of drug-likeness (QED) is 0.321. The van der Waals surface area contributed by atoms with Crippen LogP contribution in [0.1, 0.15) is 73.6 Å². The van der Waals surface area contributed by atoms with E-state index in [0.29, 0.717) is 12.8 Å². The van der Waals surface area contributed by atoms with Crippen LogP contribution in [0.4, 0.5) is 8.78 Å². The molecule has 0 fully saturated rings. The van der Waals surface area contributed by atoms with E-state index in [2.05, 4.69) is 27.0 Å². The molecule has 4 unspecified atom stereocenters. The third kappa shape index (κ3) is 12.1. The molecule has 0 aromatic heterocycles. The second kappa shape index (κ2) is 16.0. The fourth-order valence-electron chi connectivity index (χ4n) is 2.27. The third-order valence-electron chi connectivity index (χ3n) is 4.76. The lowest BCUT2D eigenvalue weighted by Crippen LogP contribution is -2.10. The molecule has 160 valence electrons. The highest BCUT2D eigenvalue weighted by Gasteiger charge is 2.21. The van der Waals surface area contributed by atoms with Crippen molar-refractivity contribution in [2.45, 2.75) is 85.9 Å². The zero-order chi connectivity index (χ0) is 21.6. The van der Waals surface area contributed by atoms with Crippen molar-refractivity contribution < 1.29 is 18.3 Å². The fourth-order valence-corrected chi connectivity index (χ4v) is 2.27. The summed E-state index contributed by atoms with van der Waals surface area (Å²) in [5, 5.41) is 0. The van der Waals surface area contributed by atoms with E-state index in [1.807, 2.05) is 27.7 Å². The van der Waals surface area contributed by atoms with Gasteiger partial charge in [0, 0.05) is 14.2 Å². The average Bonchev–Trinajstić information content (AvgIpc) is 2.67. The Kier molecular flexibility index (Phi) is 16.7. The van der Waals surface area contributed by atoms with Crippen molar-refractivity contribution in [2.75, 3.05) is 14.2 Å². The second-order valence-electron chi connectivity index (χ2n) is 7.43. The lowest BCUT2D eigenvalue weighted by atomic mass is 9.91. The van der Waals surface area contributed by atoms with Gasteiger partial charge < -0.3 is 9.47 Å². The lowest BCUT2D eigenvalue weighted by molar-refractivity contribution is 0.106. The van der Waals surface area contributed by atoms with Crippen LogP contribution < -0.4 is 0 Å². The summed E-state index contributed by atoms with van der Waals surface area (Å²) in [7, 11) is 3.28. The Hall–Kier alpha value is -1.00. The Labute approximate surface area is 166 Å². The summed E-state index contributed by atoms with van der Waals surface area (Å²) < 4.78 is 39.2. The van der Waals surface area contributed by atoms with Gasteiger partial charge in [-0.15, -0.1) is 0 Å². The first-order valence-corrected chi connectivity index (χ1v) is 10.1. The molecule has 27 heavy (non-hydrogen) atoms. The summed E-state index contributed by atoms with van der Waals surface area (Å²) in [6, 6.07) is 0. The lowest BCUT2D eigenvalue weighted by Gasteiger charge is -2.19. The molecule has 0 aliphatic carbocycles. The van der Waals surface area contributed by atoms with E-state index in [9.17, 15) is 8.78 Å². The Balaban J connectivity index is 0. The summed E-state index contributed by atoms with van der Waals surface area (Å²) in [6.45, 7) is 19.3. The van der Waals surface area contributed by atoms with Crippen molar-refractivity contribution >= 4 is 0 Å². The van der Waals surface area contributed by atoms with Crippen molar-refractivity contribution in [1.29, 1.82) is 0 Å². The van der Waals surface area contributed by atoms with Gasteiger partial charge in [-0.25, -0.2) is 8.78 Å². The normalized spacial score (nSPS) is 16.4. The van der Waals surface area contributed by atoms with Gasteiger partial charge in [-0.05, 0) is 62.5 Å². The maximum atomic E-state index is 14.4. The molecule has 4 heteroatoms. The Morgan fingerprint density at radius 1 is 0.704 bits per heavy atom. The summed E-state index contributed by atoms with van der Waals surface area (Å²) in [6.07, 6.45) is 4.38. The van der Waals surface area contributed by atoms with Gasteiger partial charge in [-0.2, -0.15) is 0 Å². The van der Waals surface area contributed by atoms with E-state index in [-0.39, 0.29) is 35.2 Å². The van der Waals surface area contributed by atoms with Gasteiger partial charge in [0.25, 0.3) is 0 Å². The van der Waals surface area contributed by atoms with Crippen LogP contribution in [0.3, 0.4) is 0 Å². The van der Waals surface area contributed by atoms with Gasteiger partial charge >= 0.3 is 0 Å². The van der Waals surface area contributed by atoms with E-state index in [4.69, 9.17) is 9.47 Å². The average molecular weight is 389 g/mol. The third-order valence-corrected chi connectivity index (χ3v) is 4.76. The Morgan fingerprint density at radius 2 is 0.963 bits per heavy atom. The summed E-state index contributed by atoms with van der Waals surface area (Å²) in [5.41, 5.74) is 0.379. The van der Waals surface area contributed by atoms with Crippen LogP contribution in [0.5, 0.6) is 0 Å². The van der Waals surface area contributed by atoms with Gasteiger partial charge in [0.05, 0.1) is 12.2 Å². The molecule has 4 atom stereocenters. The molecule has 0 bridgehead atoms. The molecule has 2 nitrogen and oxygen atoms in total. The van der Waals surface area contributed by atoms with Crippen molar-refractivity contribution in [1.82, 2.24) is 0 Å². The fraction of sp³-hybridized carbons (Fsp3) is 0.739. The van der Waals surface area contributed by atoms with Crippen LogP contribution in [-0.2, 0) is 9.47 Å². The van der Waals surface area contributed by atoms with Gasteiger partial charge in [-0.3, -0.25) is 0 Å². The minimum absolute atomic E-state index is 0.0925. The van der Waals surface area contributed by atoms with Crippen LogP contribution in [0, 0.1) is 11.8 Å². The van der Waals surface area contributed by atoms with E-state index in [1.165, 1.54) is 6.42 Å². The van der Waals surface area contributed by atoms with Crippen LogP contribution >= 0.6 is 0 Å². The van der Waals surface area contributed by atoms with E-state index in [0.717, 1.165) is 12.8 Å². The minimum Gasteiger partial charge on any atom is -0.382 e. The van der Waals surface area contributed by atoms with Crippen molar-refractivity contribution in [2.24, 2.45) is 11.8 Å². The van der Waals surface area contributed by atoms with Crippen LogP contribution in [0.25, 0.3) is 0 Å². The molecule has 0 spiro atoms. The molecule has 0 amide bonds. The predicted octanol–water partition coefficient (Wildman–Crippen LogP) is 7.57. The van der Waals surface area contributed by atoms with E-state index >= 15 is 0 Å². The van der Waals surface area contributed by atoms with E-state index in [1.54, 1.807) is 14.2 Å². The van der Waals surface area contributed by atoms with Crippen molar-refractivity contribution in [3.05, 3.63) is 36.0 Å². The number of hydrogen-bond acceptors (Lipinski definition) is 2. The topological polar surface area (TPSA) is 18.5 Å². The van der Waals surface area contributed by atoms with Crippen LogP contribution in [0.2, 0.25) is 0 Å². The SMILES string of the molecule is C=C(/C(F)=C(/F)C(=C)C(C)CCC(C)OC)C(C)CCC(C)OC.CCC.